The highest BCUT2D eigenvalue weighted by molar-refractivity contribution is 5.85. The summed E-state index contributed by atoms with van der Waals surface area (Å²) in [5.41, 5.74) is 0. The molecule has 1 aliphatic heterocycles. The molecule has 118 valence electrons. The lowest BCUT2D eigenvalue weighted by atomic mass is 9.99. The largest absolute Gasteiger partial charge is 0.323 e. The fourth-order valence-corrected chi connectivity index (χ4v) is 3.17. The van der Waals surface area contributed by atoms with Gasteiger partial charge in [0.1, 0.15) is 0 Å². The Balaban J connectivity index is 2.70. The van der Waals surface area contributed by atoms with Gasteiger partial charge in [-0.3, -0.25) is 10.1 Å². The highest BCUT2D eigenvalue weighted by atomic mass is 16.2. The molecule has 1 heterocycles. The molecule has 0 saturated carbocycles. The Morgan fingerprint density at radius 2 is 1.85 bits per heavy atom. The van der Waals surface area contributed by atoms with Gasteiger partial charge in [0.15, 0.2) is 0 Å². The molecule has 0 spiro atoms. The third-order valence-electron chi connectivity index (χ3n) is 4.70. The third kappa shape index (κ3) is 4.21. The maximum absolute atomic E-state index is 12.7. The van der Waals surface area contributed by atoms with Crippen LogP contribution < -0.4 is 5.32 Å². The van der Waals surface area contributed by atoms with Crippen LogP contribution in [0.4, 0.5) is 0 Å². The van der Waals surface area contributed by atoms with Gasteiger partial charge in [0.05, 0.1) is 12.2 Å². The molecule has 3 nitrogen and oxygen atoms in total. The van der Waals surface area contributed by atoms with Gasteiger partial charge in [0.25, 0.3) is 0 Å². The molecular formula is C17H34N2O. The third-order valence-corrected chi connectivity index (χ3v) is 4.70. The van der Waals surface area contributed by atoms with Crippen LogP contribution in [0.3, 0.4) is 0 Å². The fraction of sp³-hybridized carbons (Fsp3) is 0.941. The molecule has 0 aromatic rings. The lowest BCUT2D eigenvalue weighted by Gasteiger charge is -2.30. The molecule has 0 aromatic carbocycles. The van der Waals surface area contributed by atoms with E-state index in [9.17, 15) is 4.79 Å². The summed E-state index contributed by atoms with van der Waals surface area (Å²) in [6.07, 6.45) is 8.37. The van der Waals surface area contributed by atoms with Crippen LogP contribution in [0, 0.1) is 5.92 Å². The fourth-order valence-electron chi connectivity index (χ4n) is 3.17. The topological polar surface area (TPSA) is 32.3 Å². The van der Waals surface area contributed by atoms with E-state index in [1.165, 1.54) is 19.3 Å². The molecule has 1 rings (SSSR count). The van der Waals surface area contributed by atoms with Gasteiger partial charge < -0.3 is 4.90 Å². The Morgan fingerprint density at radius 1 is 1.15 bits per heavy atom. The van der Waals surface area contributed by atoms with Gasteiger partial charge in [-0.25, -0.2) is 0 Å². The number of carbonyl (C=O) groups excluding carboxylic acids is 1. The van der Waals surface area contributed by atoms with Crippen LogP contribution in [0.15, 0.2) is 0 Å². The molecule has 4 atom stereocenters. The quantitative estimate of drug-likeness (QED) is 0.650. The van der Waals surface area contributed by atoms with E-state index in [1.54, 1.807) is 0 Å². The Bertz CT molecular complexity index is 293. The highest BCUT2D eigenvalue weighted by Crippen LogP contribution is 2.25. The average molecular weight is 282 g/mol. The standard InChI is InChI=1S/C17H34N2O/c1-6-9-10-12-14(5)19-15(11-7-2)18-16(17(19)20)13(4)8-3/h13-16,18H,6-12H2,1-5H3. The van der Waals surface area contributed by atoms with Crippen molar-refractivity contribution in [3.05, 3.63) is 0 Å². The van der Waals surface area contributed by atoms with Crippen molar-refractivity contribution >= 4 is 5.91 Å². The van der Waals surface area contributed by atoms with E-state index in [2.05, 4.69) is 44.8 Å². The maximum Gasteiger partial charge on any atom is 0.241 e. The normalized spacial score (nSPS) is 26.1. The van der Waals surface area contributed by atoms with Crippen molar-refractivity contribution < 1.29 is 4.79 Å². The van der Waals surface area contributed by atoms with Crippen LogP contribution in [-0.4, -0.2) is 29.1 Å². The Morgan fingerprint density at radius 3 is 2.40 bits per heavy atom. The van der Waals surface area contributed by atoms with E-state index in [0.29, 0.717) is 17.9 Å². The first-order valence-corrected chi connectivity index (χ1v) is 8.64. The Hall–Kier alpha value is -0.570. The number of amides is 1. The molecule has 1 N–H and O–H groups in total. The van der Waals surface area contributed by atoms with E-state index in [4.69, 9.17) is 0 Å². The molecule has 0 aromatic heterocycles. The van der Waals surface area contributed by atoms with Gasteiger partial charge >= 0.3 is 0 Å². The van der Waals surface area contributed by atoms with Gasteiger partial charge in [-0.2, -0.15) is 0 Å². The summed E-state index contributed by atoms with van der Waals surface area (Å²) in [4.78, 5) is 14.9. The molecule has 3 heteroatoms. The number of carbonyl (C=O) groups is 1. The summed E-state index contributed by atoms with van der Waals surface area (Å²) in [6, 6.07) is 0.400. The monoisotopic (exact) mass is 282 g/mol. The van der Waals surface area contributed by atoms with E-state index in [0.717, 1.165) is 25.7 Å². The van der Waals surface area contributed by atoms with E-state index >= 15 is 0 Å². The second-order valence-corrected chi connectivity index (χ2v) is 6.42. The second-order valence-electron chi connectivity index (χ2n) is 6.42. The molecule has 1 aliphatic rings. The summed E-state index contributed by atoms with van der Waals surface area (Å²) in [5, 5.41) is 3.59. The minimum absolute atomic E-state index is 0.0326. The van der Waals surface area contributed by atoms with E-state index in [-0.39, 0.29) is 12.2 Å². The number of unbranched alkanes of at least 4 members (excludes halogenated alkanes) is 2. The molecular weight excluding hydrogens is 248 g/mol. The molecule has 1 saturated heterocycles. The molecule has 0 aliphatic carbocycles. The van der Waals surface area contributed by atoms with Crippen molar-refractivity contribution in [2.24, 2.45) is 5.92 Å². The van der Waals surface area contributed by atoms with Gasteiger partial charge in [0.2, 0.25) is 5.91 Å². The van der Waals surface area contributed by atoms with Crippen LogP contribution in [0.5, 0.6) is 0 Å². The molecule has 20 heavy (non-hydrogen) atoms. The smallest absolute Gasteiger partial charge is 0.241 e. The predicted molar refractivity (Wildman–Crippen MR) is 85.5 cm³/mol. The van der Waals surface area contributed by atoms with Crippen molar-refractivity contribution in [3.8, 4) is 0 Å². The second kappa shape index (κ2) is 8.66. The summed E-state index contributed by atoms with van der Waals surface area (Å²) in [6.45, 7) is 11.0. The molecule has 4 unspecified atom stereocenters. The molecule has 1 amide bonds. The average Bonchev–Trinajstić information content (AvgIpc) is 2.75. The molecule has 0 bridgehead atoms. The number of nitrogens with one attached hydrogen (secondary N) is 1. The lowest BCUT2D eigenvalue weighted by molar-refractivity contribution is -0.133. The SMILES string of the molecule is CCCCCC(C)N1C(=O)C(C(C)CC)NC1CCC. The Kier molecular flexibility index (Phi) is 7.57. The molecule has 1 fully saturated rings. The number of rotatable bonds is 9. The zero-order chi connectivity index (χ0) is 15.1. The zero-order valence-electron chi connectivity index (χ0n) is 14.1. The van der Waals surface area contributed by atoms with Crippen molar-refractivity contribution in [1.82, 2.24) is 10.2 Å². The van der Waals surface area contributed by atoms with Gasteiger partial charge in [-0.1, -0.05) is 59.8 Å². The summed E-state index contributed by atoms with van der Waals surface area (Å²) in [5.74, 6) is 0.761. The van der Waals surface area contributed by atoms with Crippen molar-refractivity contribution in [1.29, 1.82) is 0 Å². The van der Waals surface area contributed by atoms with Crippen LogP contribution in [-0.2, 0) is 4.79 Å². The van der Waals surface area contributed by atoms with Crippen LogP contribution in [0.1, 0.15) is 79.6 Å². The molecule has 0 radical (unpaired) electrons. The zero-order valence-corrected chi connectivity index (χ0v) is 14.1. The number of hydrogen-bond donors (Lipinski definition) is 1. The van der Waals surface area contributed by atoms with Crippen LogP contribution >= 0.6 is 0 Å². The van der Waals surface area contributed by atoms with Crippen LogP contribution in [0.25, 0.3) is 0 Å². The Labute approximate surface area is 125 Å². The first-order chi connectivity index (χ1) is 9.56. The minimum Gasteiger partial charge on any atom is -0.323 e. The van der Waals surface area contributed by atoms with Crippen molar-refractivity contribution in [2.75, 3.05) is 0 Å². The summed E-state index contributed by atoms with van der Waals surface area (Å²) < 4.78 is 0. The predicted octanol–water partition coefficient (Wildman–Crippen LogP) is 3.93. The minimum atomic E-state index is 0.0326. The van der Waals surface area contributed by atoms with Crippen LogP contribution in [0.2, 0.25) is 0 Å². The van der Waals surface area contributed by atoms with Gasteiger partial charge in [-0.05, 0) is 25.7 Å². The maximum atomic E-state index is 12.7. The van der Waals surface area contributed by atoms with E-state index < -0.39 is 0 Å². The first kappa shape index (κ1) is 17.5. The summed E-state index contributed by atoms with van der Waals surface area (Å²) in [7, 11) is 0. The van der Waals surface area contributed by atoms with Gasteiger partial charge in [0, 0.05) is 6.04 Å². The lowest BCUT2D eigenvalue weighted by Crippen LogP contribution is -2.43. The van der Waals surface area contributed by atoms with Gasteiger partial charge in [-0.15, -0.1) is 0 Å². The van der Waals surface area contributed by atoms with Crippen molar-refractivity contribution in [3.63, 3.8) is 0 Å². The van der Waals surface area contributed by atoms with E-state index in [1.807, 2.05) is 0 Å². The highest BCUT2D eigenvalue weighted by Gasteiger charge is 2.42. The number of nitrogens with zero attached hydrogens (tertiary/aromatic N) is 1. The van der Waals surface area contributed by atoms with Crippen molar-refractivity contribution in [2.45, 2.75) is 97.8 Å². The first-order valence-electron chi connectivity index (χ1n) is 8.64. The summed E-state index contributed by atoms with van der Waals surface area (Å²) >= 11 is 0. The number of hydrogen-bond acceptors (Lipinski definition) is 2.